The molecule has 0 bridgehead atoms. The maximum atomic E-state index is 5.53. The van der Waals surface area contributed by atoms with Gasteiger partial charge in [0.1, 0.15) is 0 Å². The van der Waals surface area contributed by atoms with Crippen molar-refractivity contribution in [1.29, 1.82) is 0 Å². The second-order valence-electron chi connectivity index (χ2n) is 4.92. The van der Waals surface area contributed by atoms with Crippen LogP contribution < -0.4 is 5.32 Å². The molecule has 0 radical (unpaired) electrons. The second-order valence-corrected chi connectivity index (χ2v) is 4.92. The number of hydrogen-bond acceptors (Lipinski definition) is 4. The number of nitrogens with zero attached hydrogens (tertiary/aromatic N) is 1. The lowest BCUT2D eigenvalue weighted by Crippen LogP contribution is -2.53. The molecule has 1 rings (SSSR count). The molecule has 4 heteroatoms. The molecule has 17 heavy (non-hydrogen) atoms. The van der Waals surface area contributed by atoms with Gasteiger partial charge in [-0.1, -0.05) is 6.92 Å². The monoisotopic (exact) mass is 244 g/mol. The average Bonchev–Trinajstić information content (AvgIpc) is 2.34. The van der Waals surface area contributed by atoms with E-state index in [2.05, 4.69) is 31.1 Å². The Bertz CT molecular complexity index is 202. The van der Waals surface area contributed by atoms with Gasteiger partial charge in [-0.05, 0) is 26.3 Å². The van der Waals surface area contributed by atoms with Crippen LogP contribution >= 0.6 is 0 Å². The van der Waals surface area contributed by atoms with Gasteiger partial charge in [-0.3, -0.25) is 4.90 Å². The zero-order valence-corrected chi connectivity index (χ0v) is 11.7. The summed E-state index contributed by atoms with van der Waals surface area (Å²) in [6, 6.07) is 1.29. The van der Waals surface area contributed by atoms with Crippen LogP contribution in [0.15, 0.2) is 0 Å². The Labute approximate surface area is 106 Å². The summed E-state index contributed by atoms with van der Waals surface area (Å²) in [5.74, 6) is 0.702. The molecule has 1 saturated heterocycles. The van der Waals surface area contributed by atoms with Crippen LogP contribution in [0.25, 0.3) is 0 Å². The summed E-state index contributed by atoms with van der Waals surface area (Å²) in [6.45, 7) is 9.06. The second kappa shape index (κ2) is 8.03. The number of ether oxygens (including phenoxy) is 2. The fourth-order valence-corrected chi connectivity index (χ4v) is 2.59. The van der Waals surface area contributed by atoms with Crippen LogP contribution in [-0.2, 0) is 9.47 Å². The lowest BCUT2D eigenvalue weighted by Gasteiger charge is -2.42. The quantitative estimate of drug-likeness (QED) is 0.677. The van der Waals surface area contributed by atoms with Gasteiger partial charge in [-0.25, -0.2) is 0 Å². The molecule has 1 heterocycles. The van der Waals surface area contributed by atoms with Crippen molar-refractivity contribution in [2.75, 3.05) is 47.1 Å². The van der Waals surface area contributed by atoms with E-state index in [0.717, 1.165) is 13.2 Å². The Kier molecular flexibility index (Phi) is 7.04. The fourth-order valence-electron chi connectivity index (χ4n) is 2.59. The molecule has 3 unspecified atom stereocenters. The van der Waals surface area contributed by atoms with Crippen LogP contribution in [0, 0.1) is 5.92 Å². The van der Waals surface area contributed by atoms with Crippen LogP contribution in [-0.4, -0.2) is 64.1 Å². The summed E-state index contributed by atoms with van der Waals surface area (Å²) >= 11 is 0. The molecule has 0 spiro atoms. The highest BCUT2D eigenvalue weighted by atomic mass is 16.5. The first kappa shape index (κ1) is 14.9. The van der Waals surface area contributed by atoms with Crippen molar-refractivity contribution < 1.29 is 9.47 Å². The van der Waals surface area contributed by atoms with Gasteiger partial charge in [0, 0.05) is 32.3 Å². The van der Waals surface area contributed by atoms with E-state index >= 15 is 0 Å². The van der Waals surface area contributed by atoms with Gasteiger partial charge >= 0.3 is 0 Å². The predicted octanol–water partition coefficient (Wildman–Crippen LogP) is 0.968. The summed E-state index contributed by atoms with van der Waals surface area (Å²) in [5.41, 5.74) is 0. The molecule has 1 aliphatic heterocycles. The minimum absolute atomic E-state index is 0.632. The minimum Gasteiger partial charge on any atom is -0.382 e. The average molecular weight is 244 g/mol. The maximum absolute atomic E-state index is 5.53. The van der Waals surface area contributed by atoms with Crippen LogP contribution in [0.2, 0.25) is 0 Å². The molecule has 0 aromatic heterocycles. The van der Waals surface area contributed by atoms with Gasteiger partial charge in [0.25, 0.3) is 0 Å². The normalized spacial score (nSPS) is 30.7. The molecule has 3 atom stereocenters. The number of rotatable bonds is 7. The molecule has 0 saturated carbocycles. The Morgan fingerprint density at radius 2 is 2.00 bits per heavy atom. The van der Waals surface area contributed by atoms with Crippen molar-refractivity contribution in [1.82, 2.24) is 10.2 Å². The third kappa shape index (κ3) is 4.54. The van der Waals surface area contributed by atoms with Crippen LogP contribution in [0.1, 0.15) is 20.3 Å². The molecule has 1 fully saturated rings. The van der Waals surface area contributed by atoms with Crippen LogP contribution in [0.5, 0.6) is 0 Å². The third-order valence-corrected chi connectivity index (χ3v) is 4.02. The van der Waals surface area contributed by atoms with E-state index in [1.54, 1.807) is 7.11 Å². The highest BCUT2D eigenvalue weighted by Gasteiger charge is 2.30. The lowest BCUT2D eigenvalue weighted by molar-refractivity contribution is 0.0284. The van der Waals surface area contributed by atoms with Crippen LogP contribution in [0.3, 0.4) is 0 Å². The van der Waals surface area contributed by atoms with E-state index in [4.69, 9.17) is 9.47 Å². The zero-order valence-electron chi connectivity index (χ0n) is 11.7. The van der Waals surface area contributed by atoms with Crippen molar-refractivity contribution in [3.8, 4) is 0 Å². The SMILES string of the molecule is CNC1CCN(CCOCCOC)C(C)C1C. The molecule has 4 nitrogen and oxygen atoms in total. The number of likely N-dealkylation sites (tertiary alicyclic amines) is 1. The Balaban J connectivity index is 2.21. The van der Waals surface area contributed by atoms with Gasteiger partial charge in [-0.2, -0.15) is 0 Å². The van der Waals surface area contributed by atoms with E-state index < -0.39 is 0 Å². The summed E-state index contributed by atoms with van der Waals surface area (Å²) in [4.78, 5) is 2.53. The van der Waals surface area contributed by atoms with E-state index in [-0.39, 0.29) is 0 Å². The molecular weight excluding hydrogens is 216 g/mol. The maximum Gasteiger partial charge on any atom is 0.0700 e. The Hall–Kier alpha value is -0.160. The van der Waals surface area contributed by atoms with Crippen LogP contribution in [0.4, 0.5) is 0 Å². The number of nitrogens with one attached hydrogen (secondary N) is 1. The number of piperidine rings is 1. The molecule has 1 N–H and O–H groups in total. The number of hydrogen-bond donors (Lipinski definition) is 1. The van der Waals surface area contributed by atoms with Crippen molar-refractivity contribution in [3.05, 3.63) is 0 Å². The Morgan fingerprint density at radius 3 is 2.65 bits per heavy atom. The number of methoxy groups -OCH3 is 1. The molecular formula is C13H28N2O2. The summed E-state index contributed by atoms with van der Waals surface area (Å²) in [5, 5.41) is 3.41. The Morgan fingerprint density at radius 1 is 1.24 bits per heavy atom. The minimum atomic E-state index is 0.632. The molecule has 0 aliphatic carbocycles. The van der Waals surface area contributed by atoms with E-state index in [1.165, 1.54) is 13.0 Å². The highest BCUT2D eigenvalue weighted by Crippen LogP contribution is 2.22. The zero-order chi connectivity index (χ0) is 12.7. The molecule has 102 valence electrons. The predicted molar refractivity (Wildman–Crippen MR) is 70.4 cm³/mol. The highest BCUT2D eigenvalue weighted by molar-refractivity contribution is 4.87. The first-order valence-electron chi connectivity index (χ1n) is 6.68. The summed E-state index contributed by atoms with van der Waals surface area (Å²) in [6.07, 6.45) is 1.24. The first-order valence-corrected chi connectivity index (χ1v) is 6.68. The van der Waals surface area contributed by atoms with Gasteiger partial charge in [0.15, 0.2) is 0 Å². The third-order valence-electron chi connectivity index (χ3n) is 4.02. The molecule has 0 aromatic carbocycles. The fraction of sp³-hybridized carbons (Fsp3) is 1.00. The summed E-state index contributed by atoms with van der Waals surface area (Å²) in [7, 11) is 3.77. The largest absolute Gasteiger partial charge is 0.382 e. The van der Waals surface area contributed by atoms with Gasteiger partial charge < -0.3 is 14.8 Å². The van der Waals surface area contributed by atoms with Crippen molar-refractivity contribution in [3.63, 3.8) is 0 Å². The van der Waals surface area contributed by atoms with E-state index in [1.807, 2.05) is 0 Å². The molecule has 1 aliphatic rings. The lowest BCUT2D eigenvalue weighted by atomic mass is 9.87. The molecule has 0 amide bonds. The van der Waals surface area contributed by atoms with Gasteiger partial charge in [0.05, 0.1) is 19.8 Å². The van der Waals surface area contributed by atoms with Gasteiger partial charge in [-0.15, -0.1) is 0 Å². The standard InChI is InChI=1S/C13H28N2O2/c1-11-12(2)15(6-5-13(11)14-3)7-8-17-10-9-16-4/h11-14H,5-10H2,1-4H3. The van der Waals surface area contributed by atoms with Crippen molar-refractivity contribution >= 4 is 0 Å². The summed E-state index contributed by atoms with van der Waals surface area (Å²) < 4.78 is 10.5. The first-order chi connectivity index (χ1) is 8.20. The molecule has 0 aromatic rings. The van der Waals surface area contributed by atoms with E-state index in [0.29, 0.717) is 31.2 Å². The van der Waals surface area contributed by atoms with E-state index in [9.17, 15) is 0 Å². The van der Waals surface area contributed by atoms with Crippen molar-refractivity contribution in [2.24, 2.45) is 5.92 Å². The van der Waals surface area contributed by atoms with Crippen molar-refractivity contribution in [2.45, 2.75) is 32.4 Å². The topological polar surface area (TPSA) is 33.7 Å². The van der Waals surface area contributed by atoms with Gasteiger partial charge in [0.2, 0.25) is 0 Å². The smallest absolute Gasteiger partial charge is 0.0700 e.